The molecule has 1 aliphatic heterocycles. The average Bonchev–Trinajstić information content (AvgIpc) is 2.51. The highest BCUT2D eigenvalue weighted by Crippen LogP contribution is 2.19. The van der Waals surface area contributed by atoms with Crippen LogP contribution in [0.3, 0.4) is 0 Å². The van der Waals surface area contributed by atoms with Crippen LogP contribution < -0.4 is 0 Å². The van der Waals surface area contributed by atoms with E-state index >= 15 is 0 Å². The van der Waals surface area contributed by atoms with Gasteiger partial charge in [0.15, 0.2) is 0 Å². The molecule has 4 heteroatoms. The molecule has 86 valence electrons. The Hall–Kier alpha value is -1.06. The molecule has 0 radical (unpaired) electrons. The smallest absolute Gasteiger partial charge is 0.396 e. The SMILES string of the molecule is CCC1CCCCCN1C(=O)C(=O)OC. The largest absolute Gasteiger partial charge is 0.462 e. The standard InChI is InChI=1S/C11H19NO3/c1-3-9-7-5-4-6-8-12(9)10(13)11(14)15-2/h9H,3-8H2,1-2H3. The molecule has 0 spiro atoms. The maximum atomic E-state index is 11.7. The minimum atomic E-state index is -0.740. The molecular weight excluding hydrogens is 194 g/mol. The van der Waals surface area contributed by atoms with Crippen molar-refractivity contribution >= 4 is 11.9 Å². The van der Waals surface area contributed by atoms with Gasteiger partial charge in [0.25, 0.3) is 0 Å². The van der Waals surface area contributed by atoms with Crippen molar-refractivity contribution in [2.75, 3.05) is 13.7 Å². The monoisotopic (exact) mass is 213 g/mol. The number of nitrogens with zero attached hydrogens (tertiary/aromatic N) is 1. The fraction of sp³-hybridized carbons (Fsp3) is 0.818. The van der Waals surface area contributed by atoms with Crippen molar-refractivity contribution in [2.24, 2.45) is 0 Å². The van der Waals surface area contributed by atoms with Crippen LogP contribution in [-0.4, -0.2) is 36.5 Å². The summed E-state index contributed by atoms with van der Waals surface area (Å²) in [5.41, 5.74) is 0. The van der Waals surface area contributed by atoms with Gasteiger partial charge in [-0.05, 0) is 19.3 Å². The Kier molecular flexibility index (Phi) is 4.59. The van der Waals surface area contributed by atoms with Crippen molar-refractivity contribution in [1.29, 1.82) is 0 Å². The topological polar surface area (TPSA) is 46.6 Å². The maximum Gasteiger partial charge on any atom is 0.396 e. The molecule has 1 saturated heterocycles. The van der Waals surface area contributed by atoms with E-state index in [0.717, 1.165) is 32.1 Å². The summed E-state index contributed by atoms with van der Waals surface area (Å²) < 4.78 is 4.47. The van der Waals surface area contributed by atoms with E-state index in [9.17, 15) is 9.59 Å². The number of carbonyl (C=O) groups is 2. The van der Waals surface area contributed by atoms with Gasteiger partial charge in [0, 0.05) is 12.6 Å². The molecule has 1 amide bonds. The van der Waals surface area contributed by atoms with Crippen LogP contribution in [-0.2, 0) is 14.3 Å². The lowest BCUT2D eigenvalue weighted by molar-refractivity contribution is -0.159. The van der Waals surface area contributed by atoms with Gasteiger partial charge in [0.05, 0.1) is 7.11 Å². The predicted molar refractivity (Wildman–Crippen MR) is 56.3 cm³/mol. The Morgan fingerprint density at radius 2 is 2.07 bits per heavy atom. The number of hydrogen-bond donors (Lipinski definition) is 0. The van der Waals surface area contributed by atoms with Gasteiger partial charge in [-0.25, -0.2) is 4.79 Å². The van der Waals surface area contributed by atoms with Crippen LogP contribution in [0.5, 0.6) is 0 Å². The lowest BCUT2D eigenvalue weighted by Gasteiger charge is -2.27. The molecule has 15 heavy (non-hydrogen) atoms. The summed E-state index contributed by atoms with van der Waals surface area (Å²) in [6.07, 6.45) is 5.17. The van der Waals surface area contributed by atoms with Crippen LogP contribution in [0.2, 0.25) is 0 Å². The Morgan fingerprint density at radius 1 is 1.33 bits per heavy atom. The zero-order valence-corrected chi connectivity index (χ0v) is 9.49. The van der Waals surface area contributed by atoms with Crippen molar-refractivity contribution in [3.8, 4) is 0 Å². The molecule has 4 nitrogen and oxygen atoms in total. The lowest BCUT2D eigenvalue weighted by atomic mass is 10.1. The lowest BCUT2D eigenvalue weighted by Crippen LogP contribution is -2.43. The quantitative estimate of drug-likeness (QED) is 0.488. The molecule has 0 saturated carbocycles. The van der Waals surface area contributed by atoms with Gasteiger partial charge in [0.1, 0.15) is 0 Å². The van der Waals surface area contributed by atoms with E-state index in [1.807, 2.05) is 6.92 Å². The number of amides is 1. The molecule has 1 aliphatic rings. The molecule has 0 aromatic heterocycles. The van der Waals surface area contributed by atoms with Gasteiger partial charge >= 0.3 is 11.9 Å². The summed E-state index contributed by atoms with van der Waals surface area (Å²) in [6.45, 7) is 2.74. The molecule has 0 bridgehead atoms. The third kappa shape index (κ3) is 2.94. The summed E-state index contributed by atoms with van der Waals surface area (Å²) in [5, 5.41) is 0. The van der Waals surface area contributed by atoms with Crippen molar-refractivity contribution < 1.29 is 14.3 Å². The Bertz CT molecular complexity index is 240. The van der Waals surface area contributed by atoms with Crippen molar-refractivity contribution in [3.63, 3.8) is 0 Å². The third-order valence-electron chi connectivity index (χ3n) is 2.97. The number of rotatable bonds is 1. The molecule has 1 fully saturated rings. The van der Waals surface area contributed by atoms with Crippen LogP contribution in [0.1, 0.15) is 39.0 Å². The molecule has 0 aliphatic carbocycles. The van der Waals surface area contributed by atoms with Gasteiger partial charge in [-0.2, -0.15) is 0 Å². The van der Waals surface area contributed by atoms with Gasteiger partial charge in [-0.1, -0.05) is 19.8 Å². The van der Waals surface area contributed by atoms with Crippen molar-refractivity contribution in [3.05, 3.63) is 0 Å². The molecule has 0 N–H and O–H groups in total. The molecule has 1 unspecified atom stereocenters. The van der Waals surface area contributed by atoms with Crippen molar-refractivity contribution in [2.45, 2.75) is 45.1 Å². The number of esters is 1. The first-order valence-electron chi connectivity index (χ1n) is 5.59. The Balaban J connectivity index is 2.69. The third-order valence-corrected chi connectivity index (χ3v) is 2.97. The minimum absolute atomic E-state index is 0.207. The summed E-state index contributed by atoms with van der Waals surface area (Å²) >= 11 is 0. The molecule has 0 aromatic carbocycles. The molecule has 0 aromatic rings. The van der Waals surface area contributed by atoms with Gasteiger partial charge < -0.3 is 9.64 Å². The second-order valence-corrected chi connectivity index (χ2v) is 3.90. The van der Waals surface area contributed by atoms with Crippen LogP contribution in [0, 0.1) is 0 Å². The van der Waals surface area contributed by atoms with E-state index < -0.39 is 11.9 Å². The summed E-state index contributed by atoms with van der Waals surface area (Å²) in [5.74, 6) is -1.22. The highest BCUT2D eigenvalue weighted by molar-refractivity contribution is 6.32. The predicted octanol–water partition coefficient (Wildman–Crippen LogP) is 1.34. The first-order valence-corrected chi connectivity index (χ1v) is 5.59. The van der Waals surface area contributed by atoms with E-state index in [0.29, 0.717) is 6.54 Å². The van der Waals surface area contributed by atoms with E-state index in [-0.39, 0.29) is 6.04 Å². The number of hydrogen-bond acceptors (Lipinski definition) is 3. The molecule has 1 rings (SSSR count). The van der Waals surface area contributed by atoms with E-state index in [4.69, 9.17) is 0 Å². The maximum absolute atomic E-state index is 11.7. The van der Waals surface area contributed by atoms with E-state index in [1.165, 1.54) is 7.11 Å². The Labute approximate surface area is 90.6 Å². The normalized spacial score (nSPS) is 22.0. The zero-order valence-electron chi connectivity index (χ0n) is 9.49. The fourth-order valence-corrected chi connectivity index (χ4v) is 2.07. The summed E-state index contributed by atoms with van der Waals surface area (Å²) in [7, 11) is 1.25. The fourth-order valence-electron chi connectivity index (χ4n) is 2.07. The van der Waals surface area contributed by atoms with Crippen LogP contribution >= 0.6 is 0 Å². The summed E-state index contributed by atoms with van der Waals surface area (Å²) in [6, 6.07) is 0.207. The second-order valence-electron chi connectivity index (χ2n) is 3.90. The molecular formula is C11H19NO3. The van der Waals surface area contributed by atoms with Gasteiger partial charge in [-0.15, -0.1) is 0 Å². The number of carbonyl (C=O) groups excluding carboxylic acids is 2. The molecule has 1 atom stereocenters. The minimum Gasteiger partial charge on any atom is -0.462 e. The summed E-state index contributed by atoms with van der Waals surface area (Å²) in [4.78, 5) is 24.6. The molecule has 1 heterocycles. The average molecular weight is 213 g/mol. The highest BCUT2D eigenvalue weighted by atomic mass is 16.5. The first kappa shape index (κ1) is 12.0. The zero-order chi connectivity index (χ0) is 11.3. The van der Waals surface area contributed by atoms with Crippen LogP contribution in [0.25, 0.3) is 0 Å². The first-order chi connectivity index (χ1) is 7.20. The Morgan fingerprint density at radius 3 is 2.67 bits per heavy atom. The van der Waals surface area contributed by atoms with E-state index in [2.05, 4.69) is 4.74 Å². The van der Waals surface area contributed by atoms with Gasteiger partial charge in [-0.3, -0.25) is 4.79 Å². The second kappa shape index (κ2) is 5.73. The highest BCUT2D eigenvalue weighted by Gasteiger charge is 2.28. The van der Waals surface area contributed by atoms with Crippen LogP contribution in [0.15, 0.2) is 0 Å². The van der Waals surface area contributed by atoms with Gasteiger partial charge in [0.2, 0.25) is 0 Å². The van der Waals surface area contributed by atoms with Crippen LogP contribution in [0.4, 0.5) is 0 Å². The number of ether oxygens (including phenoxy) is 1. The van der Waals surface area contributed by atoms with E-state index in [1.54, 1.807) is 4.90 Å². The number of methoxy groups -OCH3 is 1. The number of likely N-dealkylation sites (tertiary alicyclic amines) is 1. The van der Waals surface area contributed by atoms with Crippen molar-refractivity contribution in [1.82, 2.24) is 4.90 Å².